The van der Waals surface area contributed by atoms with E-state index in [9.17, 15) is 0 Å². The summed E-state index contributed by atoms with van der Waals surface area (Å²) in [6.07, 6.45) is 2.69. The van der Waals surface area contributed by atoms with Crippen LogP contribution < -0.4 is 0 Å². The van der Waals surface area contributed by atoms with Gasteiger partial charge in [0, 0.05) is 31.5 Å². The van der Waals surface area contributed by atoms with Crippen LogP contribution in [0.1, 0.15) is 25.1 Å². The van der Waals surface area contributed by atoms with Crippen LogP contribution in [0.25, 0.3) is 0 Å². The first-order valence-electron chi connectivity index (χ1n) is 5.26. The standard InChI is InChI=1S/C12H17N3S/c1-5-11-8-10(6-7-13-11)12(16)14-9(2)15(3)4/h6-8H,5H2,1-4H3. The minimum Gasteiger partial charge on any atom is -0.366 e. The first-order valence-corrected chi connectivity index (χ1v) is 5.67. The lowest BCUT2D eigenvalue weighted by Crippen LogP contribution is -2.19. The Hall–Kier alpha value is -1.29. The highest BCUT2D eigenvalue weighted by Crippen LogP contribution is 2.06. The average molecular weight is 235 g/mol. The Balaban J connectivity index is 2.92. The fraction of sp³-hybridized carbons (Fsp3) is 0.417. The predicted molar refractivity (Wildman–Crippen MR) is 72.1 cm³/mol. The summed E-state index contributed by atoms with van der Waals surface area (Å²) in [5, 5.41) is 0. The first-order chi connectivity index (χ1) is 7.54. The molecule has 0 saturated heterocycles. The molecule has 0 N–H and O–H groups in total. The number of aryl methyl sites for hydroxylation is 1. The minimum absolute atomic E-state index is 0.614. The molecule has 16 heavy (non-hydrogen) atoms. The highest BCUT2D eigenvalue weighted by molar-refractivity contribution is 7.80. The molecule has 0 aliphatic heterocycles. The Morgan fingerprint density at radius 2 is 2.19 bits per heavy atom. The highest BCUT2D eigenvalue weighted by atomic mass is 32.1. The van der Waals surface area contributed by atoms with E-state index in [-0.39, 0.29) is 0 Å². The van der Waals surface area contributed by atoms with Gasteiger partial charge in [-0.05, 0) is 25.5 Å². The third kappa shape index (κ3) is 3.38. The summed E-state index contributed by atoms with van der Waals surface area (Å²) in [7, 11) is 3.90. The number of hydrogen-bond donors (Lipinski definition) is 0. The number of hydrogen-bond acceptors (Lipinski definition) is 2. The van der Waals surface area contributed by atoms with Crippen LogP contribution in [-0.4, -0.2) is 34.8 Å². The molecule has 86 valence electrons. The summed E-state index contributed by atoms with van der Waals surface area (Å²) in [6, 6.07) is 3.89. The van der Waals surface area contributed by atoms with E-state index in [2.05, 4.69) is 16.9 Å². The molecule has 3 nitrogen and oxygen atoms in total. The van der Waals surface area contributed by atoms with Gasteiger partial charge < -0.3 is 4.90 Å². The molecule has 0 aliphatic rings. The first kappa shape index (κ1) is 12.8. The quantitative estimate of drug-likeness (QED) is 0.447. The second kappa shape index (κ2) is 5.70. The Morgan fingerprint density at radius 3 is 2.75 bits per heavy atom. The van der Waals surface area contributed by atoms with Crippen LogP contribution in [0, 0.1) is 0 Å². The Morgan fingerprint density at radius 1 is 1.50 bits per heavy atom. The second-order valence-corrected chi connectivity index (χ2v) is 4.13. The molecule has 0 aromatic carbocycles. The Kier molecular flexibility index (Phi) is 4.55. The van der Waals surface area contributed by atoms with Crippen molar-refractivity contribution < 1.29 is 0 Å². The van der Waals surface area contributed by atoms with Crippen LogP contribution in [0.2, 0.25) is 0 Å². The number of aromatic nitrogens is 1. The molecular formula is C12H17N3S. The molecule has 0 saturated carbocycles. The number of amidine groups is 1. The summed E-state index contributed by atoms with van der Waals surface area (Å²) >= 11 is 5.28. The van der Waals surface area contributed by atoms with E-state index in [4.69, 9.17) is 12.2 Å². The lowest BCUT2D eigenvalue weighted by molar-refractivity contribution is 0.620. The SMILES string of the molecule is CCc1cc(C(=S)N=C(C)N(C)C)ccn1. The van der Waals surface area contributed by atoms with Gasteiger partial charge in [-0.1, -0.05) is 19.1 Å². The van der Waals surface area contributed by atoms with Gasteiger partial charge in [-0.2, -0.15) is 0 Å². The zero-order chi connectivity index (χ0) is 12.1. The normalized spacial score (nSPS) is 11.4. The highest BCUT2D eigenvalue weighted by Gasteiger charge is 2.02. The van der Waals surface area contributed by atoms with Gasteiger partial charge in [0.05, 0.1) is 0 Å². The number of pyridine rings is 1. The molecule has 1 aromatic rings. The fourth-order valence-electron chi connectivity index (χ4n) is 1.12. The zero-order valence-electron chi connectivity index (χ0n) is 10.2. The van der Waals surface area contributed by atoms with E-state index >= 15 is 0 Å². The van der Waals surface area contributed by atoms with Crippen molar-refractivity contribution in [3.05, 3.63) is 29.6 Å². The van der Waals surface area contributed by atoms with Crippen LogP contribution in [0.15, 0.2) is 23.3 Å². The maximum atomic E-state index is 5.28. The topological polar surface area (TPSA) is 28.5 Å². The van der Waals surface area contributed by atoms with Gasteiger partial charge in [-0.3, -0.25) is 4.98 Å². The maximum Gasteiger partial charge on any atom is 0.135 e. The Bertz CT molecular complexity index is 410. The minimum atomic E-state index is 0.614. The molecular weight excluding hydrogens is 218 g/mol. The summed E-state index contributed by atoms with van der Waals surface area (Å²) < 4.78 is 0. The van der Waals surface area contributed by atoms with Crippen molar-refractivity contribution in [1.82, 2.24) is 9.88 Å². The number of aliphatic imine (C=N–C) groups is 1. The fourth-order valence-corrected chi connectivity index (χ4v) is 1.38. The van der Waals surface area contributed by atoms with Crippen molar-refractivity contribution >= 4 is 23.0 Å². The largest absolute Gasteiger partial charge is 0.366 e. The summed E-state index contributed by atoms with van der Waals surface area (Å²) in [6.45, 7) is 4.01. The molecule has 1 rings (SSSR count). The van der Waals surface area contributed by atoms with Crippen molar-refractivity contribution in [3.8, 4) is 0 Å². The van der Waals surface area contributed by atoms with Gasteiger partial charge in [0.1, 0.15) is 10.8 Å². The number of thiocarbonyl (C=S) groups is 1. The zero-order valence-corrected chi connectivity index (χ0v) is 11.0. The van der Waals surface area contributed by atoms with E-state index in [1.54, 1.807) is 6.20 Å². The lowest BCUT2D eigenvalue weighted by atomic mass is 10.2. The molecule has 1 heterocycles. The van der Waals surface area contributed by atoms with Gasteiger partial charge in [0.25, 0.3) is 0 Å². The number of rotatable bonds is 2. The molecule has 0 radical (unpaired) electrons. The van der Waals surface area contributed by atoms with E-state index in [1.807, 2.05) is 38.1 Å². The molecule has 0 atom stereocenters. The van der Waals surface area contributed by atoms with Crippen LogP contribution in [0.5, 0.6) is 0 Å². The second-order valence-electron chi connectivity index (χ2n) is 3.75. The van der Waals surface area contributed by atoms with E-state index in [0.717, 1.165) is 23.5 Å². The molecule has 0 bridgehead atoms. The number of nitrogens with zero attached hydrogens (tertiary/aromatic N) is 3. The van der Waals surface area contributed by atoms with Gasteiger partial charge in [-0.25, -0.2) is 4.99 Å². The summed E-state index contributed by atoms with van der Waals surface area (Å²) in [5.74, 6) is 0.903. The Labute approximate surface area is 102 Å². The molecule has 0 fully saturated rings. The van der Waals surface area contributed by atoms with Crippen LogP contribution >= 0.6 is 12.2 Å². The van der Waals surface area contributed by atoms with Crippen molar-refractivity contribution in [3.63, 3.8) is 0 Å². The molecule has 0 unspecified atom stereocenters. The van der Waals surface area contributed by atoms with Crippen LogP contribution in [0.3, 0.4) is 0 Å². The molecule has 0 aliphatic carbocycles. The monoisotopic (exact) mass is 235 g/mol. The average Bonchev–Trinajstić information content (AvgIpc) is 2.28. The molecule has 4 heteroatoms. The summed E-state index contributed by atoms with van der Waals surface area (Å²) in [4.78, 5) is 11.2. The lowest BCUT2D eigenvalue weighted by Gasteiger charge is -2.11. The third-order valence-corrected chi connectivity index (χ3v) is 2.66. The van der Waals surface area contributed by atoms with E-state index in [0.29, 0.717) is 4.99 Å². The smallest absolute Gasteiger partial charge is 0.135 e. The molecule has 0 spiro atoms. The van der Waals surface area contributed by atoms with E-state index < -0.39 is 0 Å². The predicted octanol–water partition coefficient (Wildman–Crippen LogP) is 2.30. The van der Waals surface area contributed by atoms with Crippen molar-refractivity contribution in [1.29, 1.82) is 0 Å². The van der Waals surface area contributed by atoms with Gasteiger partial charge in [-0.15, -0.1) is 0 Å². The molecule has 1 aromatic heterocycles. The van der Waals surface area contributed by atoms with Gasteiger partial charge >= 0.3 is 0 Å². The summed E-state index contributed by atoms with van der Waals surface area (Å²) in [5.41, 5.74) is 2.00. The van der Waals surface area contributed by atoms with Crippen LogP contribution in [-0.2, 0) is 6.42 Å². The van der Waals surface area contributed by atoms with Crippen molar-refractivity contribution in [2.24, 2.45) is 4.99 Å². The maximum absolute atomic E-state index is 5.28. The van der Waals surface area contributed by atoms with Gasteiger partial charge in [0.2, 0.25) is 0 Å². The van der Waals surface area contributed by atoms with Crippen molar-refractivity contribution in [2.45, 2.75) is 20.3 Å². The van der Waals surface area contributed by atoms with E-state index in [1.165, 1.54) is 0 Å². The molecule has 0 amide bonds. The third-order valence-electron chi connectivity index (χ3n) is 2.34. The van der Waals surface area contributed by atoms with Gasteiger partial charge in [0.15, 0.2) is 0 Å². The van der Waals surface area contributed by atoms with Crippen LogP contribution in [0.4, 0.5) is 0 Å². The van der Waals surface area contributed by atoms with Crippen molar-refractivity contribution in [2.75, 3.05) is 14.1 Å².